The number of aryl methyl sites for hydroxylation is 1. The molecular formula is C13H14F2N4O. The first-order valence-electron chi connectivity index (χ1n) is 6.04. The number of carbonyl (C=O) groups excluding carboxylic acids is 1. The van der Waals surface area contributed by atoms with E-state index >= 15 is 0 Å². The molecule has 0 bridgehead atoms. The van der Waals surface area contributed by atoms with Crippen LogP contribution in [0.5, 0.6) is 0 Å². The number of carbonyl (C=O) groups is 1. The van der Waals surface area contributed by atoms with Gasteiger partial charge >= 0.3 is 0 Å². The van der Waals surface area contributed by atoms with E-state index in [2.05, 4.69) is 20.5 Å². The van der Waals surface area contributed by atoms with Gasteiger partial charge in [-0.1, -0.05) is 6.07 Å². The zero-order chi connectivity index (χ0) is 14.7. The fraction of sp³-hybridized carbons (Fsp3) is 0.308. The molecule has 1 atom stereocenters. The van der Waals surface area contributed by atoms with Gasteiger partial charge in [0.15, 0.2) is 0 Å². The first-order chi connectivity index (χ1) is 9.47. The third kappa shape index (κ3) is 3.17. The zero-order valence-electron chi connectivity index (χ0n) is 11.0. The lowest BCUT2D eigenvalue weighted by atomic mass is 10.1. The smallest absolute Gasteiger partial charge is 0.279 e. The molecule has 0 saturated heterocycles. The monoisotopic (exact) mass is 280 g/mol. The minimum Gasteiger partial charge on any atom is -0.344 e. The summed E-state index contributed by atoms with van der Waals surface area (Å²) < 4.78 is 24.8. The topological polar surface area (TPSA) is 70.7 Å². The summed E-state index contributed by atoms with van der Waals surface area (Å²) in [5.74, 6) is -0.513. The van der Waals surface area contributed by atoms with E-state index in [9.17, 15) is 13.6 Å². The molecule has 0 aliphatic rings. The second-order valence-electron chi connectivity index (χ2n) is 4.44. The standard InChI is InChI=1S/C13H14F2N4O/c1-7-3-4-9(6-16-7)8(2)17-13(20)11-5-10(12(14)15)18-19-11/h3-6,8,12H,1-2H3,(H,17,20)(H,18,19)/t8-/m1/s1. The first-order valence-corrected chi connectivity index (χ1v) is 6.04. The van der Waals surface area contributed by atoms with Crippen LogP contribution in [0.15, 0.2) is 24.4 Å². The quantitative estimate of drug-likeness (QED) is 0.904. The van der Waals surface area contributed by atoms with E-state index in [1.807, 2.05) is 19.1 Å². The van der Waals surface area contributed by atoms with Crippen LogP contribution in [-0.2, 0) is 0 Å². The molecule has 1 amide bonds. The van der Waals surface area contributed by atoms with Gasteiger partial charge in [0, 0.05) is 11.9 Å². The number of H-pyrrole nitrogens is 1. The van der Waals surface area contributed by atoms with Crippen LogP contribution in [0.3, 0.4) is 0 Å². The van der Waals surface area contributed by atoms with Crippen LogP contribution in [0.25, 0.3) is 0 Å². The van der Waals surface area contributed by atoms with Gasteiger partial charge in [-0.2, -0.15) is 5.10 Å². The SMILES string of the molecule is Cc1ccc([C@@H](C)NC(=O)c2cc(C(F)F)[nH]n2)cn1. The van der Waals surface area contributed by atoms with Crippen molar-refractivity contribution in [2.45, 2.75) is 26.3 Å². The number of amides is 1. The molecule has 2 rings (SSSR count). The van der Waals surface area contributed by atoms with Gasteiger partial charge in [-0.3, -0.25) is 14.9 Å². The predicted octanol–water partition coefficient (Wildman–Crippen LogP) is 2.54. The Labute approximate surface area is 114 Å². The fourth-order valence-corrected chi connectivity index (χ4v) is 1.65. The average molecular weight is 280 g/mol. The Balaban J connectivity index is 2.04. The molecule has 2 aromatic rings. The summed E-state index contributed by atoms with van der Waals surface area (Å²) in [4.78, 5) is 16.0. The van der Waals surface area contributed by atoms with Gasteiger partial charge in [0.25, 0.3) is 12.3 Å². The molecule has 0 unspecified atom stereocenters. The summed E-state index contributed by atoms with van der Waals surface area (Å²) in [5.41, 5.74) is 1.27. The molecular weight excluding hydrogens is 266 g/mol. The van der Waals surface area contributed by atoms with Crippen molar-refractivity contribution >= 4 is 5.91 Å². The predicted molar refractivity (Wildman–Crippen MR) is 68.4 cm³/mol. The molecule has 0 aromatic carbocycles. The third-order valence-electron chi connectivity index (χ3n) is 2.85. The van der Waals surface area contributed by atoms with Gasteiger partial charge in [0.1, 0.15) is 11.4 Å². The van der Waals surface area contributed by atoms with E-state index < -0.39 is 12.3 Å². The highest BCUT2D eigenvalue weighted by Gasteiger charge is 2.17. The van der Waals surface area contributed by atoms with E-state index in [0.29, 0.717) is 0 Å². The van der Waals surface area contributed by atoms with Crippen molar-refractivity contribution in [2.24, 2.45) is 0 Å². The van der Waals surface area contributed by atoms with Crippen molar-refractivity contribution < 1.29 is 13.6 Å². The number of aromatic amines is 1. The van der Waals surface area contributed by atoms with Gasteiger partial charge in [0.2, 0.25) is 0 Å². The second kappa shape index (κ2) is 5.77. The Kier molecular flexibility index (Phi) is 4.07. The van der Waals surface area contributed by atoms with Gasteiger partial charge in [-0.15, -0.1) is 0 Å². The minimum absolute atomic E-state index is 0.0628. The van der Waals surface area contributed by atoms with E-state index in [1.54, 1.807) is 13.1 Å². The number of nitrogens with zero attached hydrogens (tertiary/aromatic N) is 2. The van der Waals surface area contributed by atoms with Crippen molar-refractivity contribution in [3.05, 3.63) is 47.0 Å². The molecule has 0 fully saturated rings. The van der Waals surface area contributed by atoms with Gasteiger partial charge in [0.05, 0.1) is 6.04 Å². The molecule has 5 nitrogen and oxygen atoms in total. The molecule has 2 aromatic heterocycles. The fourth-order valence-electron chi connectivity index (χ4n) is 1.65. The molecule has 0 saturated carbocycles. The highest BCUT2D eigenvalue weighted by molar-refractivity contribution is 5.92. The molecule has 2 heterocycles. The summed E-state index contributed by atoms with van der Waals surface area (Å²) in [6.45, 7) is 3.65. The lowest BCUT2D eigenvalue weighted by molar-refractivity contribution is 0.0935. The van der Waals surface area contributed by atoms with Crippen LogP contribution in [-0.4, -0.2) is 21.1 Å². The maximum atomic E-state index is 12.4. The van der Waals surface area contributed by atoms with Crippen molar-refractivity contribution in [3.8, 4) is 0 Å². The van der Waals surface area contributed by atoms with E-state index in [4.69, 9.17) is 0 Å². The highest BCUT2D eigenvalue weighted by Crippen LogP contribution is 2.17. The van der Waals surface area contributed by atoms with Crippen molar-refractivity contribution in [2.75, 3.05) is 0 Å². The molecule has 0 spiro atoms. The Hall–Kier alpha value is -2.31. The highest BCUT2D eigenvalue weighted by atomic mass is 19.3. The van der Waals surface area contributed by atoms with Gasteiger partial charge in [-0.25, -0.2) is 8.78 Å². The summed E-state index contributed by atoms with van der Waals surface area (Å²) in [5, 5.41) is 8.38. The lowest BCUT2D eigenvalue weighted by Gasteiger charge is -2.13. The average Bonchev–Trinajstić information content (AvgIpc) is 2.89. The van der Waals surface area contributed by atoms with Crippen molar-refractivity contribution in [1.29, 1.82) is 0 Å². The minimum atomic E-state index is -2.68. The van der Waals surface area contributed by atoms with Crippen LogP contribution in [0.2, 0.25) is 0 Å². The number of hydrogen-bond donors (Lipinski definition) is 2. The maximum absolute atomic E-state index is 12.4. The molecule has 7 heteroatoms. The molecule has 0 aliphatic carbocycles. The molecule has 0 radical (unpaired) electrons. The summed E-state index contributed by atoms with van der Waals surface area (Å²) in [6.07, 6.45) is -1.02. The Bertz CT molecular complexity index is 595. The Morgan fingerprint density at radius 3 is 2.70 bits per heavy atom. The number of alkyl halides is 2. The number of hydrogen-bond acceptors (Lipinski definition) is 3. The second-order valence-corrected chi connectivity index (χ2v) is 4.44. The van der Waals surface area contributed by atoms with Crippen LogP contribution in [0.4, 0.5) is 8.78 Å². The normalized spacial score (nSPS) is 12.4. The van der Waals surface area contributed by atoms with E-state index in [1.165, 1.54) is 0 Å². The lowest BCUT2D eigenvalue weighted by Crippen LogP contribution is -2.27. The third-order valence-corrected chi connectivity index (χ3v) is 2.85. The molecule has 0 aliphatic heterocycles. The van der Waals surface area contributed by atoms with Crippen LogP contribution < -0.4 is 5.32 Å². The van der Waals surface area contributed by atoms with Gasteiger partial charge < -0.3 is 5.32 Å². The number of rotatable bonds is 4. The summed E-state index contributed by atoms with van der Waals surface area (Å²) in [7, 11) is 0. The molecule has 2 N–H and O–H groups in total. The molecule has 20 heavy (non-hydrogen) atoms. The van der Waals surface area contributed by atoms with E-state index in [-0.39, 0.29) is 17.4 Å². The van der Waals surface area contributed by atoms with E-state index in [0.717, 1.165) is 17.3 Å². The summed E-state index contributed by atoms with van der Waals surface area (Å²) in [6, 6.07) is 4.44. The Morgan fingerprint density at radius 1 is 1.40 bits per heavy atom. The first kappa shape index (κ1) is 14.1. The zero-order valence-corrected chi connectivity index (χ0v) is 11.0. The van der Waals surface area contributed by atoms with Crippen LogP contribution in [0.1, 0.15) is 46.8 Å². The van der Waals surface area contributed by atoms with Crippen molar-refractivity contribution in [1.82, 2.24) is 20.5 Å². The van der Waals surface area contributed by atoms with Gasteiger partial charge in [-0.05, 0) is 31.5 Å². The molecule has 106 valence electrons. The number of pyridine rings is 1. The number of aromatic nitrogens is 3. The largest absolute Gasteiger partial charge is 0.344 e. The maximum Gasteiger partial charge on any atom is 0.279 e. The van der Waals surface area contributed by atoms with Crippen LogP contribution >= 0.6 is 0 Å². The number of nitrogens with one attached hydrogen (secondary N) is 2. The van der Waals surface area contributed by atoms with Crippen LogP contribution in [0, 0.1) is 6.92 Å². The van der Waals surface area contributed by atoms with Crippen molar-refractivity contribution in [3.63, 3.8) is 0 Å². The Morgan fingerprint density at radius 2 is 2.15 bits per heavy atom. The number of halogens is 2. The summed E-state index contributed by atoms with van der Waals surface area (Å²) >= 11 is 0.